The van der Waals surface area contributed by atoms with Crippen LogP contribution in [0.25, 0.3) is 0 Å². The first-order valence-corrected chi connectivity index (χ1v) is 12.0. The van der Waals surface area contributed by atoms with Crippen LogP contribution < -0.4 is 15.0 Å². The summed E-state index contributed by atoms with van der Waals surface area (Å²) in [6, 6.07) is 12.7. The Morgan fingerprint density at radius 3 is 2.70 bits per heavy atom. The molecule has 0 aromatic heterocycles. The van der Waals surface area contributed by atoms with E-state index >= 15 is 0 Å². The Morgan fingerprint density at radius 1 is 1.23 bits per heavy atom. The highest BCUT2D eigenvalue weighted by Crippen LogP contribution is 2.37. The van der Waals surface area contributed by atoms with Gasteiger partial charge >= 0.3 is 0 Å². The lowest BCUT2D eigenvalue weighted by atomic mass is 10.2. The molecule has 2 atom stereocenters. The van der Waals surface area contributed by atoms with Gasteiger partial charge in [-0.3, -0.25) is 9.79 Å². The van der Waals surface area contributed by atoms with Crippen molar-refractivity contribution < 1.29 is 22.3 Å². The van der Waals surface area contributed by atoms with Gasteiger partial charge in [0.1, 0.15) is 18.1 Å². The molecule has 1 N–H and O–H groups in total. The highest BCUT2D eigenvalue weighted by molar-refractivity contribution is 8.15. The van der Waals surface area contributed by atoms with Crippen molar-refractivity contribution >= 4 is 44.0 Å². The molecule has 30 heavy (non-hydrogen) atoms. The maximum Gasteiger partial charge on any atom is 0.244 e. The van der Waals surface area contributed by atoms with Crippen LogP contribution in [0.3, 0.4) is 0 Å². The molecule has 2 heterocycles. The van der Waals surface area contributed by atoms with E-state index in [1.54, 1.807) is 42.5 Å². The average Bonchev–Trinajstić information content (AvgIpc) is 3.20. The number of hydrogen-bond donors (Lipinski definition) is 1. The molecule has 0 radical (unpaired) electrons. The summed E-state index contributed by atoms with van der Waals surface area (Å²) < 4.78 is 43.5. The van der Waals surface area contributed by atoms with E-state index in [0.29, 0.717) is 16.6 Å². The number of halogens is 1. The third-order valence-corrected chi connectivity index (χ3v) is 8.11. The number of para-hydroxylation sites is 3. The minimum Gasteiger partial charge on any atom is -0.495 e. The van der Waals surface area contributed by atoms with Crippen LogP contribution in [0.2, 0.25) is 0 Å². The van der Waals surface area contributed by atoms with Gasteiger partial charge in [-0.1, -0.05) is 36.0 Å². The van der Waals surface area contributed by atoms with E-state index in [0.717, 1.165) is 0 Å². The van der Waals surface area contributed by atoms with Crippen molar-refractivity contribution in [3.05, 3.63) is 54.3 Å². The Bertz CT molecular complexity index is 1110. The van der Waals surface area contributed by atoms with Crippen LogP contribution in [0.1, 0.15) is 0 Å². The first-order valence-electron chi connectivity index (χ1n) is 9.26. The number of amidine groups is 1. The second-order valence-corrected chi connectivity index (χ2v) is 10.4. The van der Waals surface area contributed by atoms with Gasteiger partial charge in [-0.2, -0.15) is 0 Å². The lowest BCUT2D eigenvalue weighted by molar-refractivity contribution is -0.114. The van der Waals surface area contributed by atoms with Crippen molar-refractivity contribution in [2.24, 2.45) is 4.99 Å². The zero-order chi connectivity index (χ0) is 21.3. The van der Waals surface area contributed by atoms with Crippen LogP contribution in [-0.4, -0.2) is 55.9 Å². The first-order chi connectivity index (χ1) is 14.4. The molecule has 1 amide bonds. The minimum atomic E-state index is -3.11. The molecule has 1 saturated heterocycles. The van der Waals surface area contributed by atoms with Gasteiger partial charge in [0.25, 0.3) is 0 Å². The van der Waals surface area contributed by atoms with E-state index in [9.17, 15) is 17.6 Å². The number of nitrogens with one attached hydrogen (secondary N) is 1. The Labute approximate surface area is 178 Å². The fourth-order valence-corrected chi connectivity index (χ4v) is 7.25. The number of sulfone groups is 1. The molecule has 0 unspecified atom stereocenters. The van der Waals surface area contributed by atoms with Crippen LogP contribution in [0, 0.1) is 5.82 Å². The van der Waals surface area contributed by atoms with Gasteiger partial charge in [-0.15, -0.1) is 0 Å². The summed E-state index contributed by atoms with van der Waals surface area (Å²) in [7, 11) is -1.61. The molecule has 10 heteroatoms. The second-order valence-electron chi connectivity index (χ2n) is 7.00. The molecule has 0 saturated carbocycles. The highest BCUT2D eigenvalue weighted by atomic mass is 32.2. The van der Waals surface area contributed by atoms with Crippen molar-refractivity contribution in [1.82, 2.24) is 0 Å². The van der Waals surface area contributed by atoms with E-state index in [4.69, 9.17) is 4.74 Å². The SMILES string of the molecule is COc1ccccc1NC(=O)CN(C1=N[C@@H]2CS(=O)(=O)C[C@H]2S1)c1ccccc1F. The van der Waals surface area contributed by atoms with Crippen LogP contribution in [0.5, 0.6) is 5.75 Å². The van der Waals surface area contributed by atoms with Gasteiger partial charge in [-0.05, 0) is 24.3 Å². The summed E-state index contributed by atoms with van der Waals surface area (Å²) in [5.41, 5.74) is 0.712. The summed E-state index contributed by atoms with van der Waals surface area (Å²) in [4.78, 5) is 18.8. The predicted molar refractivity (Wildman–Crippen MR) is 117 cm³/mol. The number of rotatable bonds is 5. The number of carbonyl (C=O) groups is 1. The molecular weight excluding hydrogens is 429 g/mol. The third-order valence-electron chi connectivity index (χ3n) is 4.86. The number of amides is 1. The number of aliphatic imine (C=N–C) groups is 1. The summed E-state index contributed by atoms with van der Waals surface area (Å²) in [6.45, 7) is -0.184. The van der Waals surface area contributed by atoms with Gasteiger partial charge in [0.05, 0.1) is 36.0 Å². The summed E-state index contributed by atoms with van der Waals surface area (Å²) >= 11 is 1.28. The summed E-state index contributed by atoms with van der Waals surface area (Å²) in [5, 5.41) is 3.01. The quantitative estimate of drug-likeness (QED) is 0.755. The number of fused-ring (bicyclic) bond motifs is 1. The number of anilines is 2. The molecule has 0 bridgehead atoms. The van der Waals surface area contributed by atoms with Gasteiger partial charge < -0.3 is 15.0 Å². The number of methoxy groups -OCH3 is 1. The van der Waals surface area contributed by atoms with E-state index in [-0.39, 0.29) is 40.9 Å². The number of benzene rings is 2. The van der Waals surface area contributed by atoms with E-state index in [2.05, 4.69) is 10.3 Å². The van der Waals surface area contributed by atoms with Crippen molar-refractivity contribution in [2.45, 2.75) is 11.3 Å². The monoisotopic (exact) mass is 449 g/mol. The summed E-state index contributed by atoms with van der Waals surface area (Å²) in [5.74, 6) is -0.345. The lowest BCUT2D eigenvalue weighted by Crippen LogP contribution is -2.37. The molecule has 0 aliphatic carbocycles. The van der Waals surface area contributed by atoms with Gasteiger partial charge in [0.2, 0.25) is 5.91 Å². The van der Waals surface area contributed by atoms with Crippen molar-refractivity contribution in [3.8, 4) is 5.75 Å². The molecular formula is C20H20FN3O4S2. The molecule has 2 aliphatic heterocycles. The number of carbonyl (C=O) groups excluding carboxylic acids is 1. The van der Waals surface area contributed by atoms with Crippen LogP contribution in [0.4, 0.5) is 15.8 Å². The topological polar surface area (TPSA) is 88.1 Å². The zero-order valence-corrected chi connectivity index (χ0v) is 17.7. The Morgan fingerprint density at radius 2 is 1.97 bits per heavy atom. The number of hydrogen-bond acceptors (Lipinski definition) is 7. The number of nitrogens with zero attached hydrogens (tertiary/aromatic N) is 2. The van der Waals surface area contributed by atoms with E-state index in [1.807, 2.05) is 0 Å². The average molecular weight is 450 g/mol. The van der Waals surface area contributed by atoms with Crippen LogP contribution >= 0.6 is 11.8 Å². The number of ether oxygens (including phenoxy) is 1. The third kappa shape index (κ3) is 4.29. The smallest absolute Gasteiger partial charge is 0.244 e. The van der Waals surface area contributed by atoms with Gasteiger partial charge in [0.15, 0.2) is 15.0 Å². The number of thioether (sulfide) groups is 1. The molecule has 2 aromatic carbocycles. The molecule has 7 nitrogen and oxygen atoms in total. The van der Waals surface area contributed by atoms with Crippen LogP contribution in [-0.2, 0) is 14.6 Å². The van der Waals surface area contributed by atoms with Gasteiger partial charge in [-0.25, -0.2) is 12.8 Å². The molecule has 4 rings (SSSR count). The molecule has 2 aliphatic rings. The summed E-state index contributed by atoms with van der Waals surface area (Å²) in [6.07, 6.45) is 0. The second kappa shape index (κ2) is 8.27. The fourth-order valence-electron chi connectivity index (χ4n) is 3.48. The highest BCUT2D eigenvalue weighted by Gasteiger charge is 2.44. The predicted octanol–water partition coefficient (Wildman–Crippen LogP) is 2.55. The largest absolute Gasteiger partial charge is 0.495 e. The van der Waals surface area contributed by atoms with Crippen LogP contribution in [0.15, 0.2) is 53.5 Å². The van der Waals surface area contributed by atoms with Crippen molar-refractivity contribution in [1.29, 1.82) is 0 Å². The maximum absolute atomic E-state index is 14.5. The molecule has 158 valence electrons. The Hall–Kier alpha value is -2.59. The molecule has 0 spiro atoms. The first kappa shape index (κ1) is 20.7. The Kier molecular flexibility index (Phi) is 5.70. The lowest BCUT2D eigenvalue weighted by Gasteiger charge is -2.24. The van der Waals surface area contributed by atoms with E-state index in [1.165, 1.54) is 29.8 Å². The Balaban J connectivity index is 1.59. The standard InChI is InChI=1S/C20H20FN3O4S2/c1-28-17-9-5-3-7-14(17)22-19(25)10-24(16-8-4-2-6-13(16)21)20-23-15-11-30(26,27)12-18(15)29-20/h2-9,15,18H,10-12H2,1H3,(H,22,25)/t15-,18-/m1/s1. The molecule has 1 fully saturated rings. The van der Waals surface area contributed by atoms with Gasteiger partial charge in [0, 0.05) is 5.25 Å². The maximum atomic E-state index is 14.5. The van der Waals surface area contributed by atoms with E-state index < -0.39 is 15.7 Å². The zero-order valence-electron chi connectivity index (χ0n) is 16.1. The normalized spacial score (nSPS) is 21.6. The fraction of sp³-hybridized carbons (Fsp3) is 0.300. The van der Waals surface area contributed by atoms with Crippen molar-refractivity contribution in [3.63, 3.8) is 0 Å². The molecule has 2 aromatic rings. The van der Waals surface area contributed by atoms with Crippen molar-refractivity contribution in [2.75, 3.05) is 35.4 Å². The minimum absolute atomic E-state index is 0.0211.